The smallest absolute Gasteiger partial charge is 0.163 e. The molecular weight excluding hydrogens is 246 g/mol. The first kappa shape index (κ1) is 13.1. The first-order valence-electron chi connectivity index (χ1n) is 8.50. The van der Waals surface area contributed by atoms with Gasteiger partial charge < -0.3 is 5.32 Å². The number of nitrogens with one attached hydrogen (secondary N) is 1. The molecule has 0 radical (unpaired) electrons. The van der Waals surface area contributed by atoms with Crippen LogP contribution in [-0.2, 0) is 4.79 Å². The second-order valence-corrected chi connectivity index (χ2v) is 8.21. The van der Waals surface area contributed by atoms with Crippen LogP contribution in [0, 0.1) is 28.6 Å². The molecule has 4 rings (SSSR count). The van der Waals surface area contributed by atoms with Crippen molar-refractivity contribution in [3.05, 3.63) is 12.2 Å². The quantitative estimate of drug-likeness (QED) is 0.733. The van der Waals surface area contributed by atoms with E-state index in [9.17, 15) is 4.79 Å². The number of carbonyl (C=O) groups is 1. The lowest BCUT2D eigenvalue weighted by Gasteiger charge is -2.58. The van der Waals surface area contributed by atoms with Crippen molar-refractivity contribution in [2.45, 2.75) is 58.4 Å². The minimum atomic E-state index is -0.137. The van der Waals surface area contributed by atoms with Gasteiger partial charge in [0.1, 0.15) is 0 Å². The number of carbonyl (C=O) groups excluding carboxylic acids is 1. The molecule has 2 nitrogen and oxygen atoms in total. The molecule has 110 valence electrons. The van der Waals surface area contributed by atoms with Crippen LogP contribution in [0.3, 0.4) is 0 Å². The number of hydrogen-bond acceptors (Lipinski definition) is 2. The van der Waals surface area contributed by atoms with E-state index >= 15 is 0 Å². The van der Waals surface area contributed by atoms with E-state index < -0.39 is 0 Å². The summed E-state index contributed by atoms with van der Waals surface area (Å²) in [7, 11) is 0. The Kier molecular flexibility index (Phi) is 2.74. The van der Waals surface area contributed by atoms with E-state index in [1.165, 1.54) is 32.1 Å². The zero-order valence-corrected chi connectivity index (χ0v) is 12.8. The van der Waals surface area contributed by atoms with Crippen molar-refractivity contribution in [1.29, 1.82) is 0 Å². The van der Waals surface area contributed by atoms with Crippen LogP contribution in [0.15, 0.2) is 12.2 Å². The summed E-state index contributed by atoms with van der Waals surface area (Å²) in [6, 6.07) is 0.381. The molecule has 2 heteroatoms. The van der Waals surface area contributed by atoms with E-state index in [4.69, 9.17) is 0 Å². The van der Waals surface area contributed by atoms with Gasteiger partial charge in [0.2, 0.25) is 0 Å². The third-order valence-corrected chi connectivity index (χ3v) is 7.48. The summed E-state index contributed by atoms with van der Waals surface area (Å²) < 4.78 is 0. The molecule has 1 N–H and O–H groups in total. The SMILES string of the molecule is C[C@@]12CCC[C@H]1[C@@H]1CNC3CC=CC(=O)[C@]3(C)[C@H]1CC2. The summed E-state index contributed by atoms with van der Waals surface area (Å²) in [4.78, 5) is 12.7. The Morgan fingerprint density at radius 2 is 2.05 bits per heavy atom. The van der Waals surface area contributed by atoms with E-state index in [1.807, 2.05) is 6.08 Å². The highest BCUT2D eigenvalue weighted by Gasteiger charge is 2.59. The predicted molar refractivity (Wildman–Crippen MR) is 80.3 cm³/mol. The number of piperidine rings is 1. The van der Waals surface area contributed by atoms with Gasteiger partial charge in [0.05, 0.1) is 0 Å². The van der Waals surface area contributed by atoms with Gasteiger partial charge in [0, 0.05) is 11.5 Å². The normalized spacial score (nSPS) is 54.2. The highest BCUT2D eigenvalue weighted by molar-refractivity contribution is 5.96. The lowest BCUT2D eigenvalue weighted by atomic mass is 9.49. The predicted octanol–water partition coefficient (Wildman–Crippen LogP) is 3.33. The lowest BCUT2D eigenvalue weighted by molar-refractivity contribution is -0.139. The lowest BCUT2D eigenvalue weighted by Crippen LogP contribution is -2.64. The largest absolute Gasteiger partial charge is 0.312 e. The maximum absolute atomic E-state index is 12.7. The molecule has 1 unspecified atom stereocenters. The average molecular weight is 273 g/mol. The fraction of sp³-hybridized carbons (Fsp3) is 0.833. The van der Waals surface area contributed by atoms with Gasteiger partial charge in [-0.05, 0) is 67.9 Å². The van der Waals surface area contributed by atoms with Crippen LogP contribution >= 0.6 is 0 Å². The highest BCUT2D eigenvalue weighted by Crippen LogP contribution is 2.61. The van der Waals surface area contributed by atoms with Crippen LogP contribution in [0.4, 0.5) is 0 Å². The third-order valence-electron chi connectivity index (χ3n) is 7.48. The molecule has 4 aliphatic rings. The van der Waals surface area contributed by atoms with Gasteiger partial charge in [-0.2, -0.15) is 0 Å². The molecule has 3 aliphatic carbocycles. The van der Waals surface area contributed by atoms with Gasteiger partial charge in [-0.15, -0.1) is 0 Å². The van der Waals surface area contributed by atoms with Crippen molar-refractivity contribution in [1.82, 2.24) is 5.32 Å². The summed E-state index contributed by atoms with van der Waals surface area (Å²) in [6.07, 6.45) is 11.8. The molecule has 6 atom stereocenters. The average Bonchev–Trinajstić information content (AvgIpc) is 2.82. The molecule has 1 aliphatic heterocycles. The maximum atomic E-state index is 12.7. The molecule has 1 saturated heterocycles. The molecule has 2 saturated carbocycles. The summed E-state index contributed by atoms with van der Waals surface area (Å²) >= 11 is 0. The molecule has 0 aromatic heterocycles. The minimum absolute atomic E-state index is 0.137. The number of hydrogen-bond donors (Lipinski definition) is 1. The molecule has 20 heavy (non-hydrogen) atoms. The van der Waals surface area contributed by atoms with Crippen LogP contribution in [0.1, 0.15) is 52.4 Å². The molecule has 0 aromatic carbocycles. The number of allylic oxidation sites excluding steroid dienone is 1. The molecule has 0 aromatic rings. The first-order valence-corrected chi connectivity index (χ1v) is 8.50. The van der Waals surface area contributed by atoms with Crippen LogP contribution in [-0.4, -0.2) is 18.4 Å². The Morgan fingerprint density at radius 3 is 2.90 bits per heavy atom. The number of ketones is 1. The number of fused-ring (bicyclic) bond motifs is 5. The van der Waals surface area contributed by atoms with Crippen molar-refractivity contribution >= 4 is 5.78 Å². The minimum Gasteiger partial charge on any atom is -0.312 e. The zero-order valence-electron chi connectivity index (χ0n) is 12.8. The van der Waals surface area contributed by atoms with Crippen molar-refractivity contribution < 1.29 is 4.79 Å². The molecule has 3 fully saturated rings. The van der Waals surface area contributed by atoms with Gasteiger partial charge in [-0.25, -0.2) is 0 Å². The standard InChI is InChI=1S/C18H27NO/c1-17-9-4-5-13(17)12-11-19-15-6-3-7-16(20)18(15,2)14(12)8-10-17/h3,7,12-15,19H,4-6,8-11H2,1-2H3/t12-,13-,14-,15?,17-,18+/m0/s1. The summed E-state index contributed by atoms with van der Waals surface area (Å²) in [5, 5.41) is 3.75. The second kappa shape index (κ2) is 4.19. The van der Waals surface area contributed by atoms with E-state index in [0.717, 1.165) is 24.8 Å². The molecule has 0 bridgehead atoms. The van der Waals surface area contributed by atoms with E-state index in [1.54, 1.807) is 0 Å². The fourth-order valence-corrected chi connectivity index (χ4v) is 6.23. The van der Waals surface area contributed by atoms with Gasteiger partial charge >= 0.3 is 0 Å². The molecular formula is C18H27NO. The Morgan fingerprint density at radius 1 is 1.20 bits per heavy atom. The van der Waals surface area contributed by atoms with Gasteiger partial charge in [-0.3, -0.25) is 4.79 Å². The fourth-order valence-electron chi connectivity index (χ4n) is 6.23. The van der Waals surface area contributed by atoms with Crippen LogP contribution in [0.5, 0.6) is 0 Å². The summed E-state index contributed by atoms with van der Waals surface area (Å²) in [5.41, 5.74) is 0.432. The Bertz CT molecular complexity index is 470. The Balaban J connectivity index is 1.71. The monoisotopic (exact) mass is 273 g/mol. The Hall–Kier alpha value is -0.630. The Labute approximate surface area is 122 Å². The zero-order chi connectivity index (χ0) is 14.0. The molecule has 0 amide bonds. The first-order chi connectivity index (χ1) is 9.56. The van der Waals surface area contributed by atoms with Crippen molar-refractivity contribution in [2.75, 3.05) is 6.54 Å². The summed E-state index contributed by atoms with van der Waals surface area (Å²) in [6.45, 7) is 5.91. The topological polar surface area (TPSA) is 29.1 Å². The van der Waals surface area contributed by atoms with E-state index in [2.05, 4.69) is 25.2 Å². The van der Waals surface area contributed by atoms with E-state index in [-0.39, 0.29) is 5.41 Å². The van der Waals surface area contributed by atoms with Crippen LogP contribution in [0.25, 0.3) is 0 Å². The van der Waals surface area contributed by atoms with Crippen molar-refractivity contribution in [3.8, 4) is 0 Å². The molecule has 0 spiro atoms. The second-order valence-electron chi connectivity index (χ2n) is 8.21. The summed E-state index contributed by atoms with van der Waals surface area (Å²) in [5.74, 6) is 2.58. The number of rotatable bonds is 0. The molecule has 1 heterocycles. The van der Waals surface area contributed by atoms with Gasteiger partial charge in [0.15, 0.2) is 5.78 Å². The third kappa shape index (κ3) is 1.52. The van der Waals surface area contributed by atoms with E-state index in [0.29, 0.717) is 23.2 Å². The van der Waals surface area contributed by atoms with Crippen molar-refractivity contribution in [2.24, 2.45) is 28.6 Å². The van der Waals surface area contributed by atoms with Crippen molar-refractivity contribution in [3.63, 3.8) is 0 Å². The maximum Gasteiger partial charge on any atom is 0.163 e. The highest BCUT2D eigenvalue weighted by atomic mass is 16.1. The van der Waals surface area contributed by atoms with Gasteiger partial charge in [-0.1, -0.05) is 26.3 Å². The van der Waals surface area contributed by atoms with Gasteiger partial charge in [0.25, 0.3) is 0 Å². The van der Waals surface area contributed by atoms with Crippen LogP contribution < -0.4 is 5.32 Å². The van der Waals surface area contributed by atoms with Crippen LogP contribution in [0.2, 0.25) is 0 Å².